The Kier molecular flexibility index (Phi) is 2.84. The van der Waals surface area contributed by atoms with Crippen LogP contribution in [0.3, 0.4) is 0 Å². The van der Waals surface area contributed by atoms with Crippen molar-refractivity contribution in [3.05, 3.63) is 59.1 Å². The Hall–Kier alpha value is -1.28. The van der Waals surface area contributed by atoms with E-state index in [0.717, 1.165) is 16.0 Å². The van der Waals surface area contributed by atoms with Crippen LogP contribution in [0.25, 0.3) is 0 Å². The molecule has 0 aromatic heterocycles. The predicted molar refractivity (Wildman–Crippen MR) is 59.5 cm³/mol. The van der Waals surface area contributed by atoms with Crippen LogP contribution in [0.2, 0.25) is 0 Å². The summed E-state index contributed by atoms with van der Waals surface area (Å²) in [5, 5.41) is 0. The van der Waals surface area contributed by atoms with Crippen molar-refractivity contribution in [3.8, 4) is 11.5 Å². The van der Waals surface area contributed by atoms with Gasteiger partial charge in [0.15, 0.2) is 0 Å². The van der Waals surface area contributed by atoms with Crippen LogP contribution < -0.4 is 4.74 Å². The minimum absolute atomic E-state index is 0.807. The van der Waals surface area contributed by atoms with Crippen LogP contribution in [0.5, 0.6) is 11.5 Å². The standard InChI is InChI=1S/C12H8BrO/c13-10-5-4-8-12(9-10)14-11-6-2-1-3-7-11/h1-4,6-9H. The fourth-order valence-corrected chi connectivity index (χ4v) is 1.46. The maximum atomic E-state index is 5.61. The van der Waals surface area contributed by atoms with E-state index >= 15 is 0 Å². The van der Waals surface area contributed by atoms with Gasteiger partial charge >= 0.3 is 0 Å². The zero-order chi connectivity index (χ0) is 9.80. The number of halogens is 1. The van der Waals surface area contributed by atoms with Gasteiger partial charge in [-0.2, -0.15) is 0 Å². The van der Waals surface area contributed by atoms with Gasteiger partial charge < -0.3 is 4.74 Å². The van der Waals surface area contributed by atoms with E-state index in [1.165, 1.54) is 0 Å². The van der Waals surface area contributed by atoms with Crippen molar-refractivity contribution in [3.63, 3.8) is 0 Å². The maximum Gasteiger partial charge on any atom is 0.128 e. The predicted octanol–water partition coefficient (Wildman–Crippen LogP) is 4.04. The second-order valence-corrected chi connectivity index (χ2v) is 3.64. The first kappa shape index (κ1) is 9.28. The van der Waals surface area contributed by atoms with Crippen LogP contribution in [0.4, 0.5) is 0 Å². The molecule has 0 N–H and O–H groups in total. The van der Waals surface area contributed by atoms with Gasteiger partial charge in [-0.25, -0.2) is 0 Å². The van der Waals surface area contributed by atoms with Gasteiger partial charge in [-0.05, 0) is 36.4 Å². The van der Waals surface area contributed by atoms with E-state index in [1.54, 1.807) is 0 Å². The first-order valence-electron chi connectivity index (χ1n) is 4.25. The lowest BCUT2D eigenvalue weighted by Crippen LogP contribution is -1.82. The molecule has 1 radical (unpaired) electrons. The summed E-state index contributed by atoms with van der Waals surface area (Å²) in [4.78, 5) is 0. The van der Waals surface area contributed by atoms with Gasteiger partial charge in [0.1, 0.15) is 11.5 Å². The Labute approximate surface area is 91.5 Å². The van der Waals surface area contributed by atoms with E-state index in [2.05, 4.69) is 22.0 Å². The van der Waals surface area contributed by atoms with Crippen molar-refractivity contribution in [2.45, 2.75) is 0 Å². The molecular weight excluding hydrogens is 240 g/mol. The van der Waals surface area contributed by atoms with Crippen LogP contribution in [-0.4, -0.2) is 0 Å². The normalized spacial score (nSPS) is 9.79. The molecule has 69 valence electrons. The Morgan fingerprint density at radius 2 is 1.79 bits per heavy atom. The first-order chi connectivity index (χ1) is 6.84. The van der Waals surface area contributed by atoms with Crippen molar-refractivity contribution in [2.24, 2.45) is 0 Å². The summed E-state index contributed by atoms with van der Waals surface area (Å²) in [5.74, 6) is 1.65. The monoisotopic (exact) mass is 247 g/mol. The highest BCUT2D eigenvalue weighted by atomic mass is 79.9. The Bertz CT molecular complexity index is 412. The molecule has 0 heterocycles. The minimum atomic E-state index is 0.807. The molecule has 0 spiro atoms. The summed E-state index contributed by atoms with van der Waals surface area (Å²) in [6, 6.07) is 18.3. The third-order valence-corrected chi connectivity index (χ3v) is 2.17. The highest BCUT2D eigenvalue weighted by Crippen LogP contribution is 2.23. The van der Waals surface area contributed by atoms with Gasteiger partial charge in [-0.3, -0.25) is 0 Å². The number of hydrogen-bond acceptors (Lipinski definition) is 1. The SMILES string of the molecule is Brc1[c]ccc(Oc2ccccc2)c1. The molecule has 0 amide bonds. The van der Waals surface area contributed by atoms with Crippen molar-refractivity contribution < 1.29 is 4.74 Å². The average Bonchev–Trinajstić information content (AvgIpc) is 2.19. The highest BCUT2D eigenvalue weighted by molar-refractivity contribution is 9.10. The highest BCUT2D eigenvalue weighted by Gasteiger charge is 1.96. The molecule has 0 saturated carbocycles. The lowest BCUT2D eigenvalue weighted by atomic mass is 10.3. The number of hydrogen-bond donors (Lipinski definition) is 0. The van der Waals surface area contributed by atoms with Crippen LogP contribution in [0.15, 0.2) is 53.0 Å². The summed E-state index contributed by atoms with van der Waals surface area (Å²) in [5.41, 5.74) is 0. The van der Waals surface area contributed by atoms with E-state index in [-0.39, 0.29) is 0 Å². The van der Waals surface area contributed by atoms with Crippen molar-refractivity contribution in [2.75, 3.05) is 0 Å². The molecule has 0 bridgehead atoms. The van der Waals surface area contributed by atoms with Crippen LogP contribution in [0, 0.1) is 6.07 Å². The molecule has 14 heavy (non-hydrogen) atoms. The van der Waals surface area contributed by atoms with E-state index in [9.17, 15) is 0 Å². The van der Waals surface area contributed by atoms with Crippen molar-refractivity contribution in [1.82, 2.24) is 0 Å². The van der Waals surface area contributed by atoms with Crippen molar-refractivity contribution >= 4 is 15.9 Å². The molecule has 0 aliphatic rings. The number of ether oxygens (including phenoxy) is 1. The fourth-order valence-electron chi connectivity index (χ4n) is 1.11. The van der Waals surface area contributed by atoms with Crippen LogP contribution in [-0.2, 0) is 0 Å². The smallest absolute Gasteiger partial charge is 0.128 e. The molecule has 0 unspecified atom stereocenters. The Morgan fingerprint density at radius 3 is 2.50 bits per heavy atom. The maximum absolute atomic E-state index is 5.61. The van der Waals surface area contributed by atoms with E-state index in [0.29, 0.717) is 0 Å². The lowest BCUT2D eigenvalue weighted by molar-refractivity contribution is 0.482. The summed E-state index contributed by atoms with van der Waals surface area (Å²) in [6.07, 6.45) is 0. The van der Waals surface area contributed by atoms with Gasteiger partial charge in [0.2, 0.25) is 0 Å². The summed E-state index contributed by atoms with van der Waals surface area (Å²) in [6.45, 7) is 0. The van der Waals surface area contributed by atoms with Gasteiger partial charge in [-0.15, -0.1) is 0 Å². The molecule has 0 aliphatic heterocycles. The minimum Gasteiger partial charge on any atom is -0.457 e. The van der Waals surface area contributed by atoms with Gasteiger partial charge in [-0.1, -0.05) is 34.1 Å². The third-order valence-electron chi connectivity index (χ3n) is 1.72. The van der Waals surface area contributed by atoms with E-state index < -0.39 is 0 Å². The molecule has 0 saturated heterocycles. The molecule has 0 atom stereocenters. The molecule has 0 fully saturated rings. The number of benzene rings is 2. The molecular formula is C12H8BrO. The molecule has 0 aliphatic carbocycles. The average molecular weight is 248 g/mol. The van der Waals surface area contributed by atoms with Gasteiger partial charge in [0.05, 0.1) is 0 Å². The molecule has 2 rings (SSSR count). The summed E-state index contributed by atoms with van der Waals surface area (Å²) < 4.78 is 6.50. The number of para-hydroxylation sites is 1. The lowest BCUT2D eigenvalue weighted by Gasteiger charge is -2.04. The Balaban J connectivity index is 2.19. The second kappa shape index (κ2) is 4.29. The van der Waals surface area contributed by atoms with Gasteiger partial charge in [0.25, 0.3) is 0 Å². The zero-order valence-electron chi connectivity index (χ0n) is 7.41. The summed E-state index contributed by atoms with van der Waals surface area (Å²) >= 11 is 3.34. The second-order valence-electron chi connectivity index (χ2n) is 2.79. The zero-order valence-corrected chi connectivity index (χ0v) is 8.99. The van der Waals surface area contributed by atoms with Crippen LogP contribution >= 0.6 is 15.9 Å². The van der Waals surface area contributed by atoms with Crippen molar-refractivity contribution in [1.29, 1.82) is 0 Å². The molecule has 2 aromatic rings. The quantitative estimate of drug-likeness (QED) is 0.779. The molecule has 2 heteroatoms. The number of rotatable bonds is 2. The van der Waals surface area contributed by atoms with E-state index in [4.69, 9.17) is 4.74 Å². The molecule has 1 nitrogen and oxygen atoms in total. The Morgan fingerprint density at radius 1 is 1.00 bits per heavy atom. The topological polar surface area (TPSA) is 9.23 Å². The van der Waals surface area contributed by atoms with E-state index in [1.807, 2.05) is 48.5 Å². The largest absolute Gasteiger partial charge is 0.457 e. The third kappa shape index (κ3) is 2.36. The summed E-state index contributed by atoms with van der Waals surface area (Å²) in [7, 11) is 0. The molecule has 2 aromatic carbocycles. The first-order valence-corrected chi connectivity index (χ1v) is 5.04. The van der Waals surface area contributed by atoms with Gasteiger partial charge in [0, 0.05) is 4.47 Å². The van der Waals surface area contributed by atoms with Crippen LogP contribution in [0.1, 0.15) is 0 Å². The fraction of sp³-hybridized carbons (Fsp3) is 0.